The maximum Gasteiger partial charge on any atom is 0.191 e. The largest absolute Gasteiger partial charge is 0.464 e. The van der Waals surface area contributed by atoms with E-state index in [-0.39, 0.29) is 0 Å². The lowest BCUT2D eigenvalue weighted by molar-refractivity contribution is 0.608. The third-order valence-electron chi connectivity index (χ3n) is 2.90. The first-order chi connectivity index (χ1) is 8.43. The Bertz CT molecular complexity index is 544. The minimum absolute atomic E-state index is 0.739. The van der Waals surface area contributed by atoms with E-state index in [9.17, 15) is 0 Å². The Morgan fingerprint density at radius 1 is 1.35 bits per heavy atom. The number of nitrogens with zero attached hydrogens (tertiary/aromatic N) is 1. The highest BCUT2D eigenvalue weighted by Gasteiger charge is 2.07. The van der Waals surface area contributed by atoms with Gasteiger partial charge in [-0.1, -0.05) is 18.2 Å². The molecular weight excluding hydrogens is 214 g/mol. The van der Waals surface area contributed by atoms with Crippen molar-refractivity contribution in [2.24, 2.45) is 4.99 Å². The highest BCUT2D eigenvalue weighted by molar-refractivity contribution is 5.83. The first-order valence-corrected chi connectivity index (χ1v) is 5.91. The van der Waals surface area contributed by atoms with E-state index in [1.54, 1.807) is 6.26 Å². The van der Waals surface area contributed by atoms with Crippen molar-refractivity contribution in [3.8, 4) is 0 Å². The molecule has 0 unspecified atom stereocenters. The van der Waals surface area contributed by atoms with Crippen LogP contribution in [0.2, 0.25) is 0 Å². The van der Waals surface area contributed by atoms with Crippen LogP contribution < -0.4 is 10.6 Å². The zero-order valence-electron chi connectivity index (χ0n) is 9.57. The van der Waals surface area contributed by atoms with E-state index >= 15 is 0 Å². The van der Waals surface area contributed by atoms with Crippen molar-refractivity contribution >= 4 is 16.9 Å². The van der Waals surface area contributed by atoms with Gasteiger partial charge >= 0.3 is 0 Å². The summed E-state index contributed by atoms with van der Waals surface area (Å²) >= 11 is 0. The Labute approximate surface area is 99.7 Å². The molecule has 0 aliphatic carbocycles. The van der Waals surface area contributed by atoms with Gasteiger partial charge in [0.2, 0.25) is 0 Å². The molecular formula is C13H15N3O. The number of benzene rings is 1. The summed E-state index contributed by atoms with van der Waals surface area (Å²) in [5.74, 6) is 0.890. The third kappa shape index (κ3) is 2.11. The van der Waals surface area contributed by atoms with Gasteiger partial charge in [-0.25, -0.2) is 0 Å². The highest BCUT2D eigenvalue weighted by Crippen LogP contribution is 2.20. The lowest BCUT2D eigenvalue weighted by atomic mass is 10.2. The van der Waals surface area contributed by atoms with Crippen molar-refractivity contribution in [3.05, 3.63) is 36.1 Å². The minimum atomic E-state index is 0.739. The summed E-state index contributed by atoms with van der Waals surface area (Å²) in [5.41, 5.74) is 2.10. The quantitative estimate of drug-likeness (QED) is 0.826. The van der Waals surface area contributed by atoms with Crippen LogP contribution in [0.4, 0.5) is 0 Å². The zero-order chi connectivity index (χ0) is 11.5. The average Bonchev–Trinajstić information content (AvgIpc) is 2.81. The lowest BCUT2D eigenvalue weighted by Crippen LogP contribution is -2.40. The van der Waals surface area contributed by atoms with Crippen LogP contribution in [0.25, 0.3) is 11.0 Å². The molecule has 0 radical (unpaired) electrons. The fourth-order valence-corrected chi connectivity index (χ4v) is 2.00. The Morgan fingerprint density at radius 3 is 3.18 bits per heavy atom. The number of para-hydroxylation sites is 1. The van der Waals surface area contributed by atoms with Crippen molar-refractivity contribution in [1.29, 1.82) is 0 Å². The maximum absolute atomic E-state index is 5.49. The van der Waals surface area contributed by atoms with Crippen molar-refractivity contribution in [3.63, 3.8) is 0 Å². The van der Waals surface area contributed by atoms with Crippen LogP contribution in [-0.4, -0.2) is 19.0 Å². The molecule has 0 saturated heterocycles. The SMILES string of the molecule is c1ccc2c(CNC3=NCCCN3)coc2c1. The first kappa shape index (κ1) is 10.2. The van der Waals surface area contributed by atoms with Crippen molar-refractivity contribution in [2.45, 2.75) is 13.0 Å². The number of rotatable bonds is 2. The molecule has 2 heterocycles. The molecule has 0 saturated carbocycles. The second kappa shape index (κ2) is 4.49. The average molecular weight is 229 g/mol. The standard InChI is InChI=1S/C13H15N3O/c1-2-5-12-11(4-1)10(9-17-12)8-16-13-14-6-3-7-15-13/h1-2,4-5,9H,3,6-8H2,(H2,14,15,16). The molecule has 17 heavy (non-hydrogen) atoms. The van der Waals surface area contributed by atoms with Crippen molar-refractivity contribution < 1.29 is 4.42 Å². The number of hydrogen-bond donors (Lipinski definition) is 2. The Hall–Kier alpha value is -1.97. The Kier molecular flexibility index (Phi) is 2.69. The monoisotopic (exact) mass is 229 g/mol. The van der Waals surface area contributed by atoms with E-state index in [4.69, 9.17) is 4.42 Å². The third-order valence-corrected chi connectivity index (χ3v) is 2.90. The molecule has 1 aromatic heterocycles. The van der Waals surface area contributed by atoms with Gasteiger partial charge in [-0.15, -0.1) is 0 Å². The zero-order valence-corrected chi connectivity index (χ0v) is 9.57. The topological polar surface area (TPSA) is 49.6 Å². The molecule has 88 valence electrons. The van der Waals surface area contributed by atoms with E-state index in [0.29, 0.717) is 0 Å². The molecule has 4 heteroatoms. The van der Waals surface area contributed by atoms with Gasteiger partial charge in [-0.3, -0.25) is 4.99 Å². The van der Waals surface area contributed by atoms with Crippen molar-refractivity contribution in [1.82, 2.24) is 10.6 Å². The molecule has 0 amide bonds. The predicted molar refractivity (Wildman–Crippen MR) is 68.0 cm³/mol. The van der Waals surface area contributed by atoms with Crippen molar-refractivity contribution in [2.75, 3.05) is 13.1 Å². The summed E-state index contributed by atoms with van der Waals surface area (Å²) in [6.45, 7) is 2.64. The molecule has 1 aromatic carbocycles. The molecule has 0 atom stereocenters. The summed E-state index contributed by atoms with van der Waals surface area (Å²) in [7, 11) is 0. The molecule has 1 aliphatic heterocycles. The molecule has 2 N–H and O–H groups in total. The smallest absolute Gasteiger partial charge is 0.191 e. The summed E-state index contributed by atoms with van der Waals surface area (Å²) in [4.78, 5) is 4.37. The normalized spacial score (nSPS) is 15.4. The maximum atomic E-state index is 5.49. The van der Waals surface area contributed by atoms with Gasteiger partial charge in [-0.05, 0) is 12.5 Å². The van der Waals surface area contributed by atoms with Gasteiger partial charge in [-0.2, -0.15) is 0 Å². The van der Waals surface area contributed by atoms with E-state index in [1.807, 2.05) is 18.2 Å². The molecule has 0 bridgehead atoms. The van der Waals surface area contributed by atoms with Gasteiger partial charge in [0.1, 0.15) is 5.58 Å². The van der Waals surface area contributed by atoms with Gasteiger partial charge in [0.05, 0.1) is 6.26 Å². The number of hydrogen-bond acceptors (Lipinski definition) is 4. The summed E-state index contributed by atoms with van der Waals surface area (Å²) in [5, 5.41) is 7.70. The van der Waals surface area contributed by atoms with E-state index < -0.39 is 0 Å². The van der Waals surface area contributed by atoms with E-state index in [0.717, 1.165) is 48.5 Å². The van der Waals surface area contributed by atoms with E-state index in [2.05, 4.69) is 21.7 Å². The molecule has 2 aromatic rings. The predicted octanol–water partition coefficient (Wildman–Crippen LogP) is 1.87. The molecule has 0 fully saturated rings. The number of furan rings is 1. The number of aliphatic imine (C=N–C) groups is 1. The van der Waals surface area contributed by atoms with Crippen LogP contribution >= 0.6 is 0 Å². The van der Waals surface area contributed by atoms with Crippen LogP contribution in [-0.2, 0) is 6.54 Å². The molecule has 3 rings (SSSR count). The molecule has 1 aliphatic rings. The summed E-state index contributed by atoms with van der Waals surface area (Å²) in [6.07, 6.45) is 2.92. The summed E-state index contributed by atoms with van der Waals surface area (Å²) < 4.78 is 5.49. The van der Waals surface area contributed by atoms with Gasteiger partial charge in [0.25, 0.3) is 0 Å². The fraction of sp³-hybridized carbons (Fsp3) is 0.308. The number of fused-ring (bicyclic) bond motifs is 1. The second-order valence-electron chi connectivity index (χ2n) is 4.12. The Balaban J connectivity index is 1.74. The van der Waals surface area contributed by atoms with Gasteiger partial charge in [0, 0.05) is 30.6 Å². The molecule has 4 nitrogen and oxygen atoms in total. The van der Waals surface area contributed by atoms with Gasteiger partial charge < -0.3 is 15.1 Å². The van der Waals surface area contributed by atoms with Crippen LogP contribution in [0.3, 0.4) is 0 Å². The molecule has 0 spiro atoms. The Morgan fingerprint density at radius 2 is 2.29 bits per heavy atom. The van der Waals surface area contributed by atoms with E-state index in [1.165, 1.54) is 0 Å². The fourth-order valence-electron chi connectivity index (χ4n) is 2.00. The summed E-state index contributed by atoms with van der Waals surface area (Å²) in [6, 6.07) is 8.06. The second-order valence-corrected chi connectivity index (χ2v) is 4.12. The first-order valence-electron chi connectivity index (χ1n) is 5.91. The minimum Gasteiger partial charge on any atom is -0.464 e. The number of nitrogens with one attached hydrogen (secondary N) is 2. The van der Waals surface area contributed by atoms with Crippen LogP contribution in [0.5, 0.6) is 0 Å². The lowest BCUT2D eigenvalue weighted by Gasteiger charge is -2.15. The van der Waals surface area contributed by atoms with Gasteiger partial charge in [0.15, 0.2) is 5.96 Å². The highest BCUT2D eigenvalue weighted by atomic mass is 16.3. The van der Waals surface area contributed by atoms with Crippen LogP contribution in [0.15, 0.2) is 39.9 Å². The van der Waals surface area contributed by atoms with Crippen LogP contribution in [0, 0.1) is 0 Å². The number of guanidine groups is 1. The van der Waals surface area contributed by atoms with Crippen LogP contribution in [0.1, 0.15) is 12.0 Å².